The molecule has 0 aliphatic carbocycles. The Morgan fingerprint density at radius 1 is 1.23 bits per heavy atom. The van der Waals surface area contributed by atoms with Crippen LogP contribution in [0.3, 0.4) is 0 Å². The Bertz CT molecular complexity index is 644. The van der Waals surface area contributed by atoms with Gasteiger partial charge in [-0.2, -0.15) is 4.98 Å². The van der Waals surface area contributed by atoms with Crippen LogP contribution in [0.4, 0.5) is 5.95 Å². The minimum Gasteiger partial charge on any atom is -0.378 e. The van der Waals surface area contributed by atoms with Crippen LogP contribution in [0.1, 0.15) is 10.4 Å². The van der Waals surface area contributed by atoms with Crippen molar-refractivity contribution < 1.29 is 9.53 Å². The van der Waals surface area contributed by atoms with E-state index in [1.165, 1.54) is 0 Å². The topological polar surface area (TPSA) is 74.3 Å². The van der Waals surface area contributed by atoms with E-state index < -0.39 is 0 Å². The third kappa shape index (κ3) is 2.94. The lowest BCUT2D eigenvalue weighted by Crippen LogP contribution is -2.36. The van der Waals surface area contributed by atoms with E-state index in [9.17, 15) is 4.79 Å². The largest absolute Gasteiger partial charge is 0.378 e. The molecule has 0 atom stereocenters. The van der Waals surface area contributed by atoms with Crippen molar-refractivity contribution in [3.05, 3.63) is 29.8 Å². The molecule has 1 aromatic heterocycles. The van der Waals surface area contributed by atoms with Gasteiger partial charge in [-0.15, -0.1) is 5.10 Å². The van der Waals surface area contributed by atoms with Gasteiger partial charge in [-0.05, 0) is 12.1 Å². The van der Waals surface area contributed by atoms with Gasteiger partial charge < -0.3 is 14.5 Å². The van der Waals surface area contributed by atoms with Gasteiger partial charge in [-0.3, -0.25) is 9.89 Å². The molecule has 0 spiro atoms. The quantitative estimate of drug-likeness (QED) is 0.916. The minimum atomic E-state index is -0.0156. The maximum absolute atomic E-state index is 11.9. The fourth-order valence-corrected chi connectivity index (χ4v) is 2.32. The number of benzene rings is 1. The third-order valence-corrected chi connectivity index (χ3v) is 3.58. The maximum Gasteiger partial charge on any atom is 0.253 e. The van der Waals surface area contributed by atoms with Crippen molar-refractivity contribution in [3.8, 4) is 11.4 Å². The number of hydrogen-bond donors (Lipinski definition) is 1. The second-order valence-corrected chi connectivity index (χ2v) is 5.36. The maximum atomic E-state index is 11.9. The summed E-state index contributed by atoms with van der Waals surface area (Å²) in [7, 11) is 3.47. The SMILES string of the molecule is CN(C)C(=O)c1ccc(-c2nc(N3CCOCC3)n[nH]2)cc1. The number of ether oxygens (including phenoxy) is 1. The molecule has 1 aliphatic rings. The molecular weight excluding hydrogens is 282 g/mol. The zero-order valence-corrected chi connectivity index (χ0v) is 12.7. The number of carbonyl (C=O) groups is 1. The van der Waals surface area contributed by atoms with Crippen LogP contribution in [-0.4, -0.2) is 66.4 Å². The molecule has 1 aliphatic heterocycles. The third-order valence-electron chi connectivity index (χ3n) is 3.58. The van der Waals surface area contributed by atoms with Crippen molar-refractivity contribution in [2.45, 2.75) is 0 Å². The van der Waals surface area contributed by atoms with Gasteiger partial charge in [0.15, 0.2) is 5.82 Å². The first-order valence-corrected chi connectivity index (χ1v) is 7.22. The van der Waals surface area contributed by atoms with Crippen LogP contribution < -0.4 is 4.90 Å². The average molecular weight is 301 g/mol. The van der Waals surface area contributed by atoms with Crippen LogP contribution in [0, 0.1) is 0 Å². The highest BCUT2D eigenvalue weighted by Crippen LogP contribution is 2.19. The summed E-state index contributed by atoms with van der Waals surface area (Å²) < 4.78 is 5.32. The number of amides is 1. The summed E-state index contributed by atoms with van der Waals surface area (Å²) in [6.45, 7) is 3.00. The molecule has 7 heteroatoms. The van der Waals surface area contributed by atoms with Crippen LogP contribution in [0.5, 0.6) is 0 Å². The van der Waals surface area contributed by atoms with Crippen molar-refractivity contribution in [2.75, 3.05) is 45.3 Å². The molecule has 0 saturated carbocycles. The molecule has 0 unspecified atom stereocenters. The van der Waals surface area contributed by atoms with Crippen molar-refractivity contribution in [1.29, 1.82) is 0 Å². The molecule has 7 nitrogen and oxygen atoms in total. The van der Waals surface area contributed by atoms with Gasteiger partial charge in [-0.1, -0.05) is 12.1 Å². The lowest BCUT2D eigenvalue weighted by Gasteiger charge is -2.25. The van der Waals surface area contributed by atoms with Gasteiger partial charge in [0.1, 0.15) is 0 Å². The van der Waals surface area contributed by atoms with E-state index in [4.69, 9.17) is 4.74 Å². The van der Waals surface area contributed by atoms with Gasteiger partial charge in [-0.25, -0.2) is 0 Å². The molecule has 22 heavy (non-hydrogen) atoms. The molecule has 3 rings (SSSR count). The molecule has 2 aromatic rings. The smallest absolute Gasteiger partial charge is 0.253 e. The summed E-state index contributed by atoms with van der Waals surface area (Å²) in [5.74, 6) is 1.37. The summed E-state index contributed by atoms with van der Waals surface area (Å²) in [5, 5.41) is 7.21. The molecule has 1 fully saturated rings. The second-order valence-electron chi connectivity index (χ2n) is 5.36. The number of aromatic nitrogens is 3. The summed E-state index contributed by atoms with van der Waals surface area (Å²) in [6.07, 6.45) is 0. The highest BCUT2D eigenvalue weighted by molar-refractivity contribution is 5.94. The number of nitrogens with zero attached hydrogens (tertiary/aromatic N) is 4. The second kappa shape index (κ2) is 6.15. The zero-order chi connectivity index (χ0) is 15.5. The highest BCUT2D eigenvalue weighted by Gasteiger charge is 2.16. The van der Waals surface area contributed by atoms with E-state index >= 15 is 0 Å². The predicted molar refractivity (Wildman–Crippen MR) is 82.9 cm³/mol. The van der Waals surface area contributed by atoms with E-state index in [0.29, 0.717) is 30.5 Å². The Morgan fingerprint density at radius 3 is 2.55 bits per heavy atom. The Balaban J connectivity index is 1.77. The first-order valence-electron chi connectivity index (χ1n) is 7.22. The predicted octanol–water partition coefficient (Wildman–Crippen LogP) is 1.01. The number of nitrogens with one attached hydrogen (secondary N) is 1. The van der Waals surface area contributed by atoms with Crippen molar-refractivity contribution in [3.63, 3.8) is 0 Å². The number of anilines is 1. The normalized spacial score (nSPS) is 14.9. The molecule has 1 aromatic carbocycles. The van der Waals surface area contributed by atoms with E-state index in [-0.39, 0.29) is 5.91 Å². The molecule has 1 N–H and O–H groups in total. The van der Waals surface area contributed by atoms with Crippen LogP contribution in [-0.2, 0) is 4.74 Å². The van der Waals surface area contributed by atoms with E-state index in [1.807, 2.05) is 12.1 Å². The van der Waals surface area contributed by atoms with Crippen LogP contribution in [0.15, 0.2) is 24.3 Å². The van der Waals surface area contributed by atoms with Gasteiger partial charge in [0, 0.05) is 38.3 Å². The fourth-order valence-electron chi connectivity index (χ4n) is 2.32. The molecule has 2 heterocycles. The lowest BCUT2D eigenvalue weighted by molar-refractivity contribution is 0.0827. The van der Waals surface area contributed by atoms with Crippen molar-refractivity contribution >= 4 is 11.9 Å². The van der Waals surface area contributed by atoms with Gasteiger partial charge >= 0.3 is 0 Å². The Kier molecular flexibility index (Phi) is 4.06. The number of hydrogen-bond acceptors (Lipinski definition) is 5. The number of rotatable bonds is 3. The number of morpholine rings is 1. The van der Waals surface area contributed by atoms with Crippen LogP contribution >= 0.6 is 0 Å². The molecule has 1 saturated heterocycles. The van der Waals surface area contributed by atoms with E-state index in [1.54, 1.807) is 31.1 Å². The summed E-state index contributed by atoms with van der Waals surface area (Å²) in [5.41, 5.74) is 1.56. The Hall–Kier alpha value is -2.41. The Morgan fingerprint density at radius 2 is 1.91 bits per heavy atom. The molecular formula is C15H19N5O2. The summed E-state index contributed by atoms with van der Waals surface area (Å²) in [6, 6.07) is 7.35. The number of H-pyrrole nitrogens is 1. The lowest BCUT2D eigenvalue weighted by atomic mass is 10.1. The van der Waals surface area contributed by atoms with E-state index in [0.717, 1.165) is 18.7 Å². The molecule has 0 radical (unpaired) electrons. The van der Waals surface area contributed by atoms with Crippen LogP contribution in [0.2, 0.25) is 0 Å². The Labute approximate surface area is 128 Å². The van der Waals surface area contributed by atoms with Crippen molar-refractivity contribution in [1.82, 2.24) is 20.1 Å². The standard InChI is InChI=1S/C15H19N5O2/c1-19(2)14(21)12-5-3-11(4-6-12)13-16-15(18-17-13)20-7-9-22-10-8-20/h3-6H,7-10H2,1-2H3,(H,16,17,18). The summed E-state index contributed by atoms with van der Waals surface area (Å²) >= 11 is 0. The molecule has 0 bridgehead atoms. The van der Waals surface area contributed by atoms with E-state index in [2.05, 4.69) is 20.1 Å². The fraction of sp³-hybridized carbons (Fsp3) is 0.400. The molecule has 116 valence electrons. The summed E-state index contributed by atoms with van der Waals surface area (Å²) in [4.78, 5) is 20.0. The minimum absolute atomic E-state index is 0.0156. The van der Waals surface area contributed by atoms with Gasteiger partial charge in [0.25, 0.3) is 5.91 Å². The van der Waals surface area contributed by atoms with Crippen molar-refractivity contribution in [2.24, 2.45) is 0 Å². The first kappa shape index (κ1) is 14.5. The highest BCUT2D eigenvalue weighted by atomic mass is 16.5. The van der Waals surface area contributed by atoms with Crippen LogP contribution in [0.25, 0.3) is 11.4 Å². The monoisotopic (exact) mass is 301 g/mol. The average Bonchev–Trinajstić information content (AvgIpc) is 3.05. The van der Waals surface area contributed by atoms with Gasteiger partial charge in [0.05, 0.1) is 13.2 Å². The molecule has 1 amide bonds. The zero-order valence-electron chi connectivity index (χ0n) is 12.7. The first-order chi connectivity index (χ1) is 10.6. The van der Waals surface area contributed by atoms with Gasteiger partial charge in [0.2, 0.25) is 5.95 Å². The number of carbonyl (C=O) groups excluding carboxylic acids is 1. The number of aromatic amines is 1.